The first-order valence-corrected chi connectivity index (χ1v) is 8.92. The average Bonchev–Trinajstić information content (AvgIpc) is 2.74. The fraction of sp³-hybridized carbons (Fsp3) is 0.190. The Kier molecular flexibility index (Phi) is 6.41. The number of nitrogens with one attached hydrogen (secondary N) is 2. The van der Waals surface area contributed by atoms with E-state index in [0.29, 0.717) is 24.8 Å². The average molecular weight is 378 g/mol. The Balaban J connectivity index is 1.64. The molecular formula is C21H22N4O3. The zero-order valence-electron chi connectivity index (χ0n) is 15.8. The highest BCUT2D eigenvalue weighted by Gasteiger charge is 2.10. The molecule has 1 amide bonds. The maximum absolute atomic E-state index is 12.5. The number of benzene rings is 2. The van der Waals surface area contributed by atoms with E-state index in [4.69, 9.17) is 9.47 Å². The van der Waals surface area contributed by atoms with Crippen LogP contribution in [0.25, 0.3) is 0 Å². The summed E-state index contributed by atoms with van der Waals surface area (Å²) in [5.41, 5.74) is 1.90. The monoisotopic (exact) mass is 378 g/mol. The second-order valence-electron chi connectivity index (χ2n) is 5.84. The van der Waals surface area contributed by atoms with Gasteiger partial charge < -0.3 is 20.1 Å². The number of aromatic nitrogens is 2. The van der Waals surface area contributed by atoms with Gasteiger partial charge in [-0.15, -0.1) is 0 Å². The van der Waals surface area contributed by atoms with Gasteiger partial charge in [0.15, 0.2) is 0 Å². The smallest absolute Gasteiger partial charge is 0.274 e. The number of hydrogen-bond acceptors (Lipinski definition) is 6. The van der Waals surface area contributed by atoms with E-state index in [-0.39, 0.29) is 11.6 Å². The molecule has 0 aliphatic carbocycles. The minimum Gasteiger partial charge on any atom is -0.496 e. The summed E-state index contributed by atoms with van der Waals surface area (Å²) in [5, 5.41) is 5.93. The standard InChI is InChI=1S/C21H22N4O3/c1-3-28-17-10-8-16(9-11-17)24-20(26)18-12-13-22-21(25-18)23-14-15-6-4-5-7-19(15)27-2/h4-13H,3,14H2,1-2H3,(H,24,26)(H,22,23,25). The van der Waals surface area contributed by atoms with Crippen molar-refractivity contribution in [3.8, 4) is 11.5 Å². The van der Waals surface area contributed by atoms with E-state index in [2.05, 4.69) is 20.6 Å². The Morgan fingerprint density at radius 2 is 1.86 bits per heavy atom. The van der Waals surface area contributed by atoms with E-state index in [9.17, 15) is 4.79 Å². The van der Waals surface area contributed by atoms with Gasteiger partial charge in [-0.3, -0.25) is 4.79 Å². The number of ether oxygens (including phenoxy) is 2. The van der Waals surface area contributed by atoms with Crippen molar-refractivity contribution in [1.82, 2.24) is 9.97 Å². The third-order valence-electron chi connectivity index (χ3n) is 3.94. The lowest BCUT2D eigenvalue weighted by Crippen LogP contribution is -2.15. The number of carbonyl (C=O) groups excluding carboxylic acids is 1. The van der Waals surface area contributed by atoms with Crippen molar-refractivity contribution >= 4 is 17.5 Å². The van der Waals surface area contributed by atoms with Crippen molar-refractivity contribution in [2.24, 2.45) is 0 Å². The molecule has 0 aliphatic heterocycles. The number of anilines is 2. The summed E-state index contributed by atoms with van der Waals surface area (Å²) in [6.45, 7) is 3.00. The number of rotatable bonds is 8. The highest BCUT2D eigenvalue weighted by atomic mass is 16.5. The molecule has 0 fully saturated rings. The second-order valence-corrected chi connectivity index (χ2v) is 5.84. The summed E-state index contributed by atoms with van der Waals surface area (Å²) in [7, 11) is 1.63. The van der Waals surface area contributed by atoms with Crippen LogP contribution in [0, 0.1) is 0 Å². The summed E-state index contributed by atoms with van der Waals surface area (Å²) >= 11 is 0. The predicted octanol–water partition coefficient (Wildman–Crippen LogP) is 3.75. The van der Waals surface area contributed by atoms with Gasteiger partial charge in [0.2, 0.25) is 5.95 Å². The largest absolute Gasteiger partial charge is 0.496 e. The van der Waals surface area contributed by atoms with E-state index in [0.717, 1.165) is 17.1 Å². The molecule has 1 aromatic heterocycles. The van der Waals surface area contributed by atoms with E-state index in [1.54, 1.807) is 43.6 Å². The zero-order valence-corrected chi connectivity index (χ0v) is 15.8. The molecule has 3 rings (SSSR count). The number of para-hydroxylation sites is 1. The quantitative estimate of drug-likeness (QED) is 0.621. The molecule has 3 aromatic rings. The number of amides is 1. The van der Waals surface area contributed by atoms with Crippen LogP contribution in [0.3, 0.4) is 0 Å². The van der Waals surface area contributed by atoms with Crippen LogP contribution in [0.15, 0.2) is 60.8 Å². The maximum Gasteiger partial charge on any atom is 0.274 e. The van der Waals surface area contributed by atoms with Crippen molar-refractivity contribution in [2.45, 2.75) is 13.5 Å². The molecule has 28 heavy (non-hydrogen) atoms. The van der Waals surface area contributed by atoms with Gasteiger partial charge in [0.25, 0.3) is 5.91 Å². The Hall–Kier alpha value is -3.61. The molecule has 2 aromatic carbocycles. The molecule has 0 saturated heterocycles. The van der Waals surface area contributed by atoms with Crippen LogP contribution in [0.4, 0.5) is 11.6 Å². The molecule has 0 aliphatic rings. The van der Waals surface area contributed by atoms with Gasteiger partial charge in [-0.2, -0.15) is 0 Å². The number of methoxy groups -OCH3 is 1. The molecule has 0 spiro atoms. The summed E-state index contributed by atoms with van der Waals surface area (Å²) in [5.74, 6) is 1.59. The van der Waals surface area contributed by atoms with Crippen LogP contribution < -0.4 is 20.1 Å². The maximum atomic E-state index is 12.5. The second kappa shape index (κ2) is 9.36. The number of nitrogens with zero attached hydrogens (tertiary/aromatic N) is 2. The minimum absolute atomic E-state index is 0.270. The summed E-state index contributed by atoms with van der Waals surface area (Å²) in [6, 6.07) is 16.4. The Morgan fingerprint density at radius 1 is 1.07 bits per heavy atom. The highest BCUT2D eigenvalue weighted by molar-refractivity contribution is 6.02. The normalized spacial score (nSPS) is 10.2. The molecule has 7 nitrogen and oxygen atoms in total. The van der Waals surface area contributed by atoms with E-state index in [1.807, 2.05) is 31.2 Å². The minimum atomic E-state index is -0.313. The van der Waals surface area contributed by atoms with Crippen molar-refractivity contribution in [3.05, 3.63) is 72.1 Å². The first kappa shape index (κ1) is 19.2. The fourth-order valence-corrected chi connectivity index (χ4v) is 2.59. The lowest BCUT2D eigenvalue weighted by Gasteiger charge is -2.10. The third-order valence-corrected chi connectivity index (χ3v) is 3.94. The van der Waals surface area contributed by atoms with Crippen molar-refractivity contribution in [2.75, 3.05) is 24.4 Å². The number of carbonyl (C=O) groups is 1. The van der Waals surface area contributed by atoms with E-state index >= 15 is 0 Å². The summed E-state index contributed by atoms with van der Waals surface area (Å²) < 4.78 is 10.7. The molecule has 7 heteroatoms. The van der Waals surface area contributed by atoms with Gasteiger partial charge in [-0.25, -0.2) is 9.97 Å². The molecule has 0 radical (unpaired) electrons. The van der Waals surface area contributed by atoms with E-state index < -0.39 is 0 Å². The topological polar surface area (TPSA) is 85.4 Å². The van der Waals surface area contributed by atoms with Crippen molar-refractivity contribution in [1.29, 1.82) is 0 Å². The molecule has 0 bridgehead atoms. The molecule has 0 unspecified atom stereocenters. The predicted molar refractivity (Wildman–Crippen MR) is 108 cm³/mol. The number of hydrogen-bond donors (Lipinski definition) is 2. The van der Waals surface area contributed by atoms with Gasteiger partial charge in [0.05, 0.1) is 13.7 Å². The van der Waals surface area contributed by atoms with Crippen LogP contribution >= 0.6 is 0 Å². The van der Waals surface area contributed by atoms with Crippen LogP contribution in [-0.2, 0) is 6.54 Å². The SMILES string of the molecule is CCOc1ccc(NC(=O)c2ccnc(NCc3ccccc3OC)n2)cc1. The lowest BCUT2D eigenvalue weighted by molar-refractivity contribution is 0.102. The third kappa shape index (κ3) is 4.97. The molecule has 0 saturated carbocycles. The first-order valence-electron chi connectivity index (χ1n) is 8.92. The Morgan fingerprint density at radius 3 is 2.61 bits per heavy atom. The lowest BCUT2D eigenvalue weighted by atomic mass is 10.2. The molecule has 1 heterocycles. The van der Waals surface area contributed by atoms with Gasteiger partial charge >= 0.3 is 0 Å². The zero-order chi connectivity index (χ0) is 19.8. The summed E-state index contributed by atoms with van der Waals surface area (Å²) in [6.07, 6.45) is 1.55. The summed E-state index contributed by atoms with van der Waals surface area (Å²) in [4.78, 5) is 20.9. The van der Waals surface area contributed by atoms with E-state index in [1.165, 1.54) is 0 Å². The van der Waals surface area contributed by atoms with Gasteiger partial charge in [-0.05, 0) is 43.3 Å². The van der Waals surface area contributed by atoms with Crippen LogP contribution in [0.2, 0.25) is 0 Å². The van der Waals surface area contributed by atoms with Gasteiger partial charge in [-0.1, -0.05) is 18.2 Å². The van der Waals surface area contributed by atoms with Crippen LogP contribution in [-0.4, -0.2) is 29.6 Å². The molecule has 0 atom stereocenters. The molecular weight excluding hydrogens is 356 g/mol. The fourth-order valence-electron chi connectivity index (χ4n) is 2.59. The molecule has 2 N–H and O–H groups in total. The van der Waals surface area contributed by atoms with Crippen LogP contribution in [0.5, 0.6) is 11.5 Å². The van der Waals surface area contributed by atoms with Gasteiger partial charge in [0.1, 0.15) is 17.2 Å². The van der Waals surface area contributed by atoms with Crippen LogP contribution in [0.1, 0.15) is 23.0 Å². The van der Waals surface area contributed by atoms with Crippen molar-refractivity contribution in [3.63, 3.8) is 0 Å². The Labute approximate surface area is 163 Å². The highest BCUT2D eigenvalue weighted by Crippen LogP contribution is 2.19. The van der Waals surface area contributed by atoms with Crippen molar-refractivity contribution < 1.29 is 14.3 Å². The Bertz CT molecular complexity index is 929. The molecule has 144 valence electrons. The first-order chi connectivity index (χ1) is 13.7. The van der Waals surface area contributed by atoms with Gasteiger partial charge in [0, 0.05) is 24.0 Å².